The van der Waals surface area contributed by atoms with Crippen LogP contribution in [0.2, 0.25) is 0 Å². The van der Waals surface area contributed by atoms with E-state index in [1.165, 1.54) is 18.2 Å². The summed E-state index contributed by atoms with van der Waals surface area (Å²) in [5.74, 6) is -4.98. The monoisotopic (exact) mass is 453 g/mol. The molecule has 1 N–H and O–H groups in total. The van der Waals surface area contributed by atoms with Crippen LogP contribution in [0.15, 0.2) is 72.3 Å². The molecule has 33 heavy (non-hydrogen) atoms. The normalized spacial score (nSPS) is 17.5. The molecule has 0 aliphatic carbocycles. The topological polar surface area (TPSA) is 66.8 Å². The quantitative estimate of drug-likeness (QED) is 0.331. The fourth-order valence-corrected chi connectivity index (χ4v) is 3.75. The van der Waals surface area contributed by atoms with Crippen molar-refractivity contribution in [1.82, 2.24) is 0 Å². The van der Waals surface area contributed by atoms with Gasteiger partial charge in [-0.15, -0.1) is 0 Å². The Kier molecular flexibility index (Phi) is 5.91. The number of ether oxygens (including phenoxy) is 1. The number of carbonyl (C=O) groups is 2. The second kappa shape index (κ2) is 8.82. The van der Waals surface area contributed by atoms with E-state index in [4.69, 9.17) is 4.74 Å². The lowest BCUT2D eigenvalue weighted by Crippen LogP contribution is -2.29. The Morgan fingerprint density at radius 2 is 1.70 bits per heavy atom. The van der Waals surface area contributed by atoms with Crippen molar-refractivity contribution in [1.29, 1.82) is 0 Å². The van der Waals surface area contributed by atoms with Gasteiger partial charge in [0.05, 0.1) is 18.2 Å². The van der Waals surface area contributed by atoms with Crippen molar-refractivity contribution >= 4 is 23.1 Å². The molecule has 168 valence electrons. The number of benzene rings is 3. The average Bonchev–Trinajstić information content (AvgIpc) is 3.07. The molecule has 1 atom stereocenters. The number of ketones is 1. The van der Waals surface area contributed by atoms with Gasteiger partial charge in [0.25, 0.3) is 11.7 Å². The second-order valence-corrected chi connectivity index (χ2v) is 7.28. The van der Waals surface area contributed by atoms with Gasteiger partial charge in [0.15, 0.2) is 11.6 Å². The summed E-state index contributed by atoms with van der Waals surface area (Å²) >= 11 is 0. The Bertz CT molecular complexity index is 1270. The number of nitrogens with zero attached hydrogens (tertiary/aromatic N) is 1. The van der Waals surface area contributed by atoms with Gasteiger partial charge < -0.3 is 9.84 Å². The standard InChI is InChI=1S/C25H18F3NO4/c1-2-33-18-5-3-4-15(12-18)22-21(23(30)14-6-8-16(26)9-7-14)24(31)25(32)29(22)17-10-11-19(27)20(28)13-17/h3-13,22,30H,2H2,1H3/b23-21+. The van der Waals surface area contributed by atoms with E-state index in [1.54, 1.807) is 31.2 Å². The minimum atomic E-state index is -1.20. The predicted octanol–water partition coefficient (Wildman–Crippen LogP) is 5.13. The van der Waals surface area contributed by atoms with Crippen molar-refractivity contribution in [3.05, 3.63) is 101 Å². The lowest BCUT2D eigenvalue weighted by atomic mass is 9.95. The first-order chi connectivity index (χ1) is 15.8. The molecular formula is C25H18F3NO4. The van der Waals surface area contributed by atoms with Crippen LogP contribution in [0, 0.1) is 17.5 Å². The van der Waals surface area contributed by atoms with Gasteiger partial charge in [-0.2, -0.15) is 0 Å². The number of amides is 1. The number of carbonyl (C=O) groups excluding carboxylic acids is 2. The Morgan fingerprint density at radius 3 is 2.36 bits per heavy atom. The zero-order chi connectivity index (χ0) is 23.7. The van der Waals surface area contributed by atoms with Gasteiger partial charge >= 0.3 is 0 Å². The van der Waals surface area contributed by atoms with Crippen molar-refractivity contribution in [2.24, 2.45) is 0 Å². The summed E-state index contributed by atoms with van der Waals surface area (Å²) in [4.78, 5) is 27.0. The molecule has 4 rings (SSSR count). The van der Waals surface area contributed by atoms with Crippen molar-refractivity contribution in [2.75, 3.05) is 11.5 Å². The third-order valence-corrected chi connectivity index (χ3v) is 5.23. The first-order valence-corrected chi connectivity index (χ1v) is 10.1. The second-order valence-electron chi connectivity index (χ2n) is 7.28. The lowest BCUT2D eigenvalue weighted by Gasteiger charge is -2.26. The van der Waals surface area contributed by atoms with Crippen molar-refractivity contribution in [2.45, 2.75) is 13.0 Å². The molecule has 3 aromatic carbocycles. The molecule has 1 aliphatic heterocycles. The van der Waals surface area contributed by atoms with Crippen LogP contribution in [0.3, 0.4) is 0 Å². The summed E-state index contributed by atoms with van der Waals surface area (Å²) in [6.45, 7) is 2.15. The molecule has 3 aromatic rings. The summed E-state index contributed by atoms with van der Waals surface area (Å²) < 4.78 is 46.4. The average molecular weight is 453 g/mol. The van der Waals surface area contributed by atoms with Crippen LogP contribution in [0.25, 0.3) is 5.76 Å². The summed E-state index contributed by atoms with van der Waals surface area (Å²) in [6, 6.07) is 12.9. The number of aliphatic hydroxyl groups is 1. The highest BCUT2D eigenvalue weighted by atomic mass is 19.2. The van der Waals surface area contributed by atoms with Crippen molar-refractivity contribution in [3.8, 4) is 5.75 Å². The van der Waals surface area contributed by atoms with Crippen LogP contribution < -0.4 is 9.64 Å². The van der Waals surface area contributed by atoms with Crippen LogP contribution in [-0.2, 0) is 9.59 Å². The zero-order valence-electron chi connectivity index (χ0n) is 17.4. The maximum absolute atomic E-state index is 14.0. The summed E-state index contributed by atoms with van der Waals surface area (Å²) in [6.07, 6.45) is 0. The van der Waals surface area contributed by atoms with Gasteiger partial charge in [-0.1, -0.05) is 12.1 Å². The minimum absolute atomic E-state index is 0.0685. The van der Waals surface area contributed by atoms with Crippen LogP contribution in [0.1, 0.15) is 24.1 Å². The third kappa shape index (κ3) is 4.07. The highest BCUT2D eigenvalue weighted by Gasteiger charge is 2.47. The molecule has 8 heteroatoms. The number of halogens is 3. The number of anilines is 1. The Morgan fingerprint density at radius 1 is 0.970 bits per heavy atom. The highest BCUT2D eigenvalue weighted by molar-refractivity contribution is 6.51. The van der Waals surface area contributed by atoms with Gasteiger partial charge in [-0.25, -0.2) is 13.2 Å². The zero-order valence-corrected chi connectivity index (χ0v) is 17.4. The molecule has 0 radical (unpaired) electrons. The van der Waals surface area contributed by atoms with E-state index < -0.39 is 40.9 Å². The molecular weight excluding hydrogens is 435 g/mol. The maximum Gasteiger partial charge on any atom is 0.300 e. The molecule has 0 bridgehead atoms. The van der Waals surface area contributed by atoms with Crippen LogP contribution in [-0.4, -0.2) is 23.4 Å². The summed E-state index contributed by atoms with van der Waals surface area (Å²) in [7, 11) is 0. The van der Waals surface area contributed by atoms with Gasteiger partial charge in [0.1, 0.15) is 17.3 Å². The minimum Gasteiger partial charge on any atom is -0.507 e. The number of hydrogen-bond acceptors (Lipinski definition) is 4. The number of rotatable bonds is 5. The van der Waals surface area contributed by atoms with Gasteiger partial charge in [-0.3, -0.25) is 14.5 Å². The van der Waals surface area contributed by atoms with Crippen LogP contribution in [0.4, 0.5) is 18.9 Å². The van der Waals surface area contributed by atoms with Crippen LogP contribution >= 0.6 is 0 Å². The van der Waals surface area contributed by atoms with E-state index in [9.17, 15) is 27.9 Å². The van der Waals surface area contributed by atoms with Gasteiger partial charge in [0, 0.05) is 17.3 Å². The maximum atomic E-state index is 14.0. The molecule has 0 spiro atoms. The van der Waals surface area contributed by atoms with Crippen molar-refractivity contribution < 1.29 is 32.6 Å². The first-order valence-electron chi connectivity index (χ1n) is 10.1. The summed E-state index contributed by atoms with van der Waals surface area (Å²) in [5.41, 5.74) is 0.171. The lowest BCUT2D eigenvalue weighted by molar-refractivity contribution is -0.132. The fraction of sp³-hybridized carbons (Fsp3) is 0.120. The largest absolute Gasteiger partial charge is 0.507 e. The van der Waals surface area contributed by atoms with Crippen molar-refractivity contribution in [3.63, 3.8) is 0 Å². The SMILES string of the molecule is CCOc1cccc(C2/C(=C(\O)c3ccc(F)cc3)C(=O)C(=O)N2c2ccc(F)c(F)c2)c1. The molecule has 1 amide bonds. The van der Waals surface area contributed by atoms with Gasteiger partial charge in [-0.05, 0) is 61.0 Å². The molecule has 0 saturated carbocycles. The number of hydrogen-bond donors (Lipinski definition) is 1. The van der Waals surface area contributed by atoms with E-state index in [2.05, 4.69) is 0 Å². The Hall–Kier alpha value is -4.07. The molecule has 1 unspecified atom stereocenters. The smallest absolute Gasteiger partial charge is 0.300 e. The molecule has 1 fully saturated rings. The van der Waals surface area contributed by atoms with E-state index in [1.807, 2.05) is 0 Å². The fourth-order valence-electron chi connectivity index (χ4n) is 3.75. The Labute approximate surface area is 187 Å². The molecule has 1 aliphatic rings. The van der Waals surface area contributed by atoms with E-state index in [0.717, 1.165) is 29.2 Å². The molecule has 0 aromatic heterocycles. The highest BCUT2D eigenvalue weighted by Crippen LogP contribution is 2.43. The Balaban J connectivity index is 1.95. The van der Waals surface area contributed by atoms with E-state index in [-0.39, 0.29) is 16.8 Å². The van der Waals surface area contributed by atoms with Gasteiger partial charge in [0.2, 0.25) is 0 Å². The molecule has 1 heterocycles. The number of aliphatic hydroxyl groups excluding tert-OH is 1. The predicted molar refractivity (Wildman–Crippen MR) is 115 cm³/mol. The number of Topliss-reactive ketones (excluding diaryl/α,β-unsaturated/α-hetero) is 1. The third-order valence-electron chi connectivity index (χ3n) is 5.23. The molecule has 5 nitrogen and oxygen atoms in total. The van der Waals surface area contributed by atoms with E-state index in [0.29, 0.717) is 17.9 Å². The summed E-state index contributed by atoms with van der Waals surface area (Å²) in [5, 5.41) is 11.0. The van der Waals surface area contributed by atoms with Crippen LogP contribution in [0.5, 0.6) is 5.75 Å². The first kappa shape index (κ1) is 22.1. The van der Waals surface area contributed by atoms with E-state index >= 15 is 0 Å². The molecule has 1 saturated heterocycles.